The lowest BCUT2D eigenvalue weighted by molar-refractivity contribution is 0.411. The molecule has 0 saturated heterocycles. The van der Waals surface area contributed by atoms with Gasteiger partial charge in [-0.3, -0.25) is 9.98 Å². The Morgan fingerprint density at radius 2 is 1.22 bits per heavy atom. The van der Waals surface area contributed by atoms with Crippen LogP contribution >= 0.6 is 23.5 Å². The van der Waals surface area contributed by atoms with Crippen molar-refractivity contribution in [1.29, 1.82) is 0 Å². The first-order valence-corrected chi connectivity index (χ1v) is 14.6. The summed E-state index contributed by atoms with van der Waals surface area (Å²) in [6.07, 6.45) is 4.24. The molecule has 0 N–H and O–H groups in total. The number of ether oxygens (including phenoxy) is 2. The Labute approximate surface area is 226 Å². The Bertz CT molecular complexity index is 1240. The van der Waals surface area contributed by atoms with Crippen LogP contribution in [0.15, 0.2) is 74.4 Å². The van der Waals surface area contributed by atoms with Gasteiger partial charge in [0.1, 0.15) is 17.3 Å². The van der Waals surface area contributed by atoms with Crippen molar-refractivity contribution in [3.05, 3.63) is 82.7 Å². The van der Waals surface area contributed by atoms with Crippen LogP contribution in [-0.2, 0) is 11.5 Å². The maximum Gasteiger partial charge on any atom is 0.150 e. The molecular formula is C30H31FN2O2S2. The number of thioether (sulfide) groups is 2. The molecule has 2 aliphatic rings. The standard InChI is InChI=1S/C30H31FN2O2S2/c1-34-26-16-20(24-6-4-14-32-24)10-12-22(26)18-36-28-8-3-9-29(30(28)31)37-19-23-13-11-21(17-27(23)35-2)25-7-5-15-33-25/h3,8-13,16-17H,4-7,14-15,18-19H2,1-2H3. The lowest BCUT2D eigenvalue weighted by Gasteiger charge is -2.13. The van der Waals surface area contributed by atoms with E-state index in [-0.39, 0.29) is 5.82 Å². The molecule has 3 aromatic carbocycles. The Balaban J connectivity index is 1.26. The van der Waals surface area contributed by atoms with Gasteiger partial charge in [0.05, 0.1) is 14.2 Å². The van der Waals surface area contributed by atoms with Crippen molar-refractivity contribution >= 4 is 34.9 Å². The average Bonchev–Trinajstić information content (AvgIpc) is 3.67. The van der Waals surface area contributed by atoms with Crippen molar-refractivity contribution in [1.82, 2.24) is 0 Å². The number of rotatable bonds is 10. The number of aliphatic imine (C=N–C) groups is 2. The van der Waals surface area contributed by atoms with Gasteiger partial charge in [-0.1, -0.05) is 30.3 Å². The molecule has 0 aliphatic carbocycles. The fourth-order valence-electron chi connectivity index (χ4n) is 4.66. The molecule has 0 fully saturated rings. The molecule has 0 radical (unpaired) electrons. The quantitative estimate of drug-likeness (QED) is 0.251. The van der Waals surface area contributed by atoms with Gasteiger partial charge in [0, 0.05) is 56.9 Å². The largest absolute Gasteiger partial charge is 0.496 e. The Hall–Kier alpha value is -2.77. The highest BCUT2D eigenvalue weighted by Crippen LogP contribution is 2.36. The van der Waals surface area contributed by atoms with Gasteiger partial charge < -0.3 is 9.47 Å². The molecule has 37 heavy (non-hydrogen) atoms. The van der Waals surface area contributed by atoms with Crippen LogP contribution in [0.2, 0.25) is 0 Å². The van der Waals surface area contributed by atoms with E-state index in [1.54, 1.807) is 14.2 Å². The average molecular weight is 535 g/mol. The lowest BCUT2D eigenvalue weighted by atomic mass is 10.1. The fraction of sp³-hybridized carbons (Fsp3) is 0.333. The molecule has 2 heterocycles. The van der Waals surface area contributed by atoms with Gasteiger partial charge in [-0.15, -0.1) is 23.5 Å². The van der Waals surface area contributed by atoms with Gasteiger partial charge in [0.25, 0.3) is 0 Å². The number of methoxy groups -OCH3 is 2. The zero-order valence-electron chi connectivity index (χ0n) is 21.3. The zero-order valence-corrected chi connectivity index (χ0v) is 22.9. The van der Waals surface area contributed by atoms with Crippen molar-refractivity contribution in [3.63, 3.8) is 0 Å². The first-order chi connectivity index (χ1) is 18.2. The first-order valence-electron chi connectivity index (χ1n) is 12.6. The van der Waals surface area contributed by atoms with Gasteiger partial charge >= 0.3 is 0 Å². The summed E-state index contributed by atoms with van der Waals surface area (Å²) >= 11 is 2.98. The molecule has 0 atom stereocenters. The molecule has 192 valence electrons. The molecule has 3 aromatic rings. The number of nitrogens with zero attached hydrogens (tertiary/aromatic N) is 2. The molecule has 0 unspecified atom stereocenters. The van der Waals surface area contributed by atoms with E-state index in [0.29, 0.717) is 21.3 Å². The predicted octanol–water partition coefficient (Wildman–Crippen LogP) is 7.59. The maximum atomic E-state index is 15.4. The van der Waals surface area contributed by atoms with Gasteiger partial charge in [-0.05, 0) is 61.1 Å². The van der Waals surface area contributed by atoms with Crippen LogP contribution in [0.5, 0.6) is 11.5 Å². The summed E-state index contributed by atoms with van der Waals surface area (Å²) in [7, 11) is 3.37. The number of benzene rings is 3. The molecule has 0 aromatic heterocycles. The monoisotopic (exact) mass is 534 g/mol. The molecule has 2 aliphatic heterocycles. The highest BCUT2D eigenvalue weighted by Gasteiger charge is 2.16. The van der Waals surface area contributed by atoms with E-state index in [0.717, 1.165) is 83.9 Å². The number of hydrogen-bond acceptors (Lipinski definition) is 6. The van der Waals surface area contributed by atoms with Crippen molar-refractivity contribution in [2.24, 2.45) is 9.98 Å². The highest BCUT2D eigenvalue weighted by atomic mass is 32.2. The fourth-order valence-corrected chi connectivity index (χ4v) is 6.65. The molecule has 7 heteroatoms. The van der Waals surface area contributed by atoms with Crippen molar-refractivity contribution in [2.45, 2.75) is 47.0 Å². The van der Waals surface area contributed by atoms with Crippen LogP contribution in [0.3, 0.4) is 0 Å². The summed E-state index contributed by atoms with van der Waals surface area (Å²) in [6, 6.07) is 18.1. The Morgan fingerprint density at radius 3 is 1.62 bits per heavy atom. The highest BCUT2D eigenvalue weighted by molar-refractivity contribution is 7.99. The second kappa shape index (κ2) is 12.2. The smallest absolute Gasteiger partial charge is 0.150 e. The first kappa shape index (κ1) is 25.9. The minimum Gasteiger partial charge on any atom is -0.496 e. The Kier molecular flexibility index (Phi) is 8.52. The third-order valence-electron chi connectivity index (χ3n) is 6.68. The van der Waals surface area contributed by atoms with Crippen molar-refractivity contribution in [3.8, 4) is 11.5 Å². The summed E-state index contributed by atoms with van der Waals surface area (Å²) in [5, 5.41) is 0. The minimum absolute atomic E-state index is 0.177. The van der Waals surface area contributed by atoms with E-state index in [9.17, 15) is 0 Å². The molecule has 0 saturated carbocycles. The van der Waals surface area contributed by atoms with Crippen LogP contribution in [0.25, 0.3) is 0 Å². The Morgan fingerprint density at radius 1 is 0.730 bits per heavy atom. The number of hydrogen-bond donors (Lipinski definition) is 0. The van der Waals surface area contributed by atoms with E-state index in [1.807, 2.05) is 18.2 Å². The third kappa shape index (κ3) is 6.04. The minimum atomic E-state index is -0.177. The summed E-state index contributed by atoms with van der Waals surface area (Å²) in [4.78, 5) is 10.5. The third-order valence-corrected chi connectivity index (χ3v) is 8.85. The topological polar surface area (TPSA) is 43.2 Å². The van der Waals surface area contributed by atoms with Crippen LogP contribution in [0.1, 0.15) is 47.9 Å². The summed E-state index contributed by atoms with van der Waals surface area (Å²) in [5.74, 6) is 2.72. The normalized spacial score (nSPS) is 15.0. The molecule has 5 rings (SSSR count). The van der Waals surface area contributed by atoms with E-state index < -0.39 is 0 Å². The number of halogens is 1. The summed E-state index contributed by atoms with van der Waals surface area (Å²) in [6.45, 7) is 1.80. The second-order valence-electron chi connectivity index (χ2n) is 9.06. The van der Waals surface area contributed by atoms with Gasteiger partial charge in [-0.25, -0.2) is 4.39 Å². The molecular weight excluding hydrogens is 503 g/mol. The van der Waals surface area contributed by atoms with E-state index in [1.165, 1.54) is 23.5 Å². The van der Waals surface area contributed by atoms with Crippen molar-refractivity contribution in [2.75, 3.05) is 27.3 Å². The van der Waals surface area contributed by atoms with E-state index in [2.05, 4.69) is 46.4 Å². The van der Waals surface area contributed by atoms with E-state index in [4.69, 9.17) is 9.47 Å². The lowest BCUT2D eigenvalue weighted by Crippen LogP contribution is -1.99. The maximum absolute atomic E-state index is 15.4. The van der Waals surface area contributed by atoms with Gasteiger partial charge in [0.2, 0.25) is 0 Å². The van der Waals surface area contributed by atoms with Crippen LogP contribution in [0.4, 0.5) is 4.39 Å². The zero-order chi connectivity index (χ0) is 25.6. The molecule has 0 spiro atoms. The molecule has 4 nitrogen and oxygen atoms in total. The molecule has 0 amide bonds. The van der Waals surface area contributed by atoms with Crippen LogP contribution in [-0.4, -0.2) is 38.7 Å². The summed E-state index contributed by atoms with van der Waals surface area (Å²) in [5.41, 5.74) is 6.62. The SMILES string of the molecule is COc1cc(C2=NCCC2)ccc1CSc1cccc(SCc2ccc(C3=NCCC3)cc2OC)c1F. The van der Waals surface area contributed by atoms with E-state index >= 15 is 4.39 Å². The molecule has 0 bridgehead atoms. The van der Waals surface area contributed by atoms with Crippen LogP contribution in [0, 0.1) is 5.82 Å². The van der Waals surface area contributed by atoms with Crippen molar-refractivity contribution < 1.29 is 13.9 Å². The predicted molar refractivity (Wildman–Crippen MR) is 153 cm³/mol. The van der Waals surface area contributed by atoms with Crippen LogP contribution < -0.4 is 9.47 Å². The van der Waals surface area contributed by atoms with Gasteiger partial charge in [0.15, 0.2) is 0 Å². The summed E-state index contributed by atoms with van der Waals surface area (Å²) < 4.78 is 26.7. The van der Waals surface area contributed by atoms with Gasteiger partial charge in [-0.2, -0.15) is 0 Å². The second-order valence-corrected chi connectivity index (χ2v) is 11.1.